The third-order valence-corrected chi connectivity index (χ3v) is 12.7. The molecule has 0 aliphatic heterocycles. The molecule has 1 saturated carbocycles. The molecular formula is C48H85NO12P+. The summed E-state index contributed by atoms with van der Waals surface area (Å²) in [5, 5.41) is 31.4. The Bertz CT molecular complexity index is 1500. The number of aliphatic hydroxyl groups excluding tert-OH is 3. The topological polar surface area (TPSA) is 182 Å². The van der Waals surface area contributed by atoms with Crippen LogP contribution in [-0.4, -0.2) is 109 Å². The highest BCUT2D eigenvalue weighted by Gasteiger charge is 2.39. The van der Waals surface area contributed by atoms with Gasteiger partial charge in [0.05, 0.1) is 46.1 Å². The van der Waals surface area contributed by atoms with Crippen LogP contribution in [0.2, 0.25) is 0 Å². The smallest absolute Gasteiger partial charge is 0.466 e. The van der Waals surface area contributed by atoms with Gasteiger partial charge in [-0.25, -0.2) is 4.57 Å². The summed E-state index contributed by atoms with van der Waals surface area (Å²) in [6, 6.07) is 0. The molecule has 13 nitrogen and oxygen atoms in total. The number of allylic oxidation sites excluding steroid dienone is 2. The maximum Gasteiger partial charge on any atom is 0.472 e. The van der Waals surface area contributed by atoms with E-state index in [9.17, 15) is 34.4 Å². The normalized spacial score (nSPS) is 20.2. The van der Waals surface area contributed by atoms with Gasteiger partial charge in [0.25, 0.3) is 0 Å². The number of quaternary nitrogens is 1. The molecule has 1 aliphatic rings. The van der Waals surface area contributed by atoms with E-state index in [0.717, 1.165) is 82.1 Å². The lowest BCUT2D eigenvalue weighted by Gasteiger charge is -2.24. The predicted molar refractivity (Wildman–Crippen MR) is 243 cm³/mol. The molecule has 0 amide bonds. The van der Waals surface area contributed by atoms with Gasteiger partial charge in [0.1, 0.15) is 31.3 Å². The molecule has 358 valence electrons. The zero-order valence-corrected chi connectivity index (χ0v) is 40.3. The molecule has 0 aromatic carbocycles. The Morgan fingerprint density at radius 2 is 1.42 bits per heavy atom. The Morgan fingerprint density at radius 1 is 0.806 bits per heavy atom. The van der Waals surface area contributed by atoms with Crippen LogP contribution >= 0.6 is 7.82 Å². The Labute approximate surface area is 373 Å². The number of likely N-dealkylation sites (N-methyl/N-ethyl adjacent to an activating group) is 1. The van der Waals surface area contributed by atoms with E-state index in [0.29, 0.717) is 49.6 Å². The third kappa shape index (κ3) is 24.1. The van der Waals surface area contributed by atoms with Crippen LogP contribution in [0, 0.1) is 25.7 Å². The van der Waals surface area contributed by atoms with Gasteiger partial charge in [-0.3, -0.25) is 18.6 Å². The van der Waals surface area contributed by atoms with Crippen LogP contribution in [0.15, 0.2) is 28.7 Å². The van der Waals surface area contributed by atoms with E-state index in [1.807, 2.05) is 39.4 Å². The van der Waals surface area contributed by atoms with Gasteiger partial charge in [-0.15, -0.1) is 0 Å². The number of aliphatic hydroxyl groups is 3. The Morgan fingerprint density at radius 3 is 2.08 bits per heavy atom. The maximum absolute atomic E-state index is 12.8. The number of aryl methyl sites for hydroxylation is 2. The molecule has 0 spiro atoms. The van der Waals surface area contributed by atoms with Crippen molar-refractivity contribution in [3.8, 4) is 0 Å². The van der Waals surface area contributed by atoms with Crippen LogP contribution in [-0.2, 0) is 45.5 Å². The fraction of sp³-hybridized carbons (Fsp3) is 0.792. The lowest BCUT2D eigenvalue weighted by atomic mass is 9.89. The van der Waals surface area contributed by atoms with Crippen molar-refractivity contribution in [3.05, 3.63) is 47.0 Å². The van der Waals surface area contributed by atoms with E-state index < -0.39 is 50.8 Å². The Balaban J connectivity index is 1.78. The summed E-state index contributed by atoms with van der Waals surface area (Å²) in [4.78, 5) is 35.8. The minimum atomic E-state index is -4.45. The average molecular weight is 899 g/mol. The van der Waals surface area contributed by atoms with Crippen LogP contribution in [0.5, 0.6) is 0 Å². The number of carbonyl (C=O) groups is 2. The molecule has 1 unspecified atom stereocenters. The van der Waals surface area contributed by atoms with E-state index in [4.69, 9.17) is 22.9 Å². The minimum Gasteiger partial charge on any atom is -0.466 e. The molecule has 62 heavy (non-hydrogen) atoms. The van der Waals surface area contributed by atoms with Gasteiger partial charge in [-0.1, -0.05) is 95.9 Å². The lowest BCUT2D eigenvalue weighted by molar-refractivity contribution is -0.870. The molecular weight excluding hydrogens is 813 g/mol. The van der Waals surface area contributed by atoms with E-state index in [1.165, 1.54) is 24.0 Å². The van der Waals surface area contributed by atoms with Crippen molar-refractivity contribution < 1.29 is 61.8 Å². The van der Waals surface area contributed by atoms with Crippen LogP contribution in [0.3, 0.4) is 0 Å². The molecule has 0 saturated heterocycles. The second kappa shape index (κ2) is 30.7. The van der Waals surface area contributed by atoms with Crippen LogP contribution in [0.4, 0.5) is 0 Å². The molecule has 1 aromatic heterocycles. The van der Waals surface area contributed by atoms with Gasteiger partial charge in [-0.05, 0) is 75.8 Å². The molecule has 0 bridgehead atoms. The first-order valence-electron chi connectivity index (χ1n) is 23.7. The number of phosphoric ester groups is 1. The number of nitrogens with zero attached hydrogens (tertiary/aromatic N) is 1. The molecule has 1 aliphatic carbocycles. The monoisotopic (exact) mass is 899 g/mol. The quantitative estimate of drug-likeness (QED) is 0.0167. The first-order chi connectivity index (χ1) is 29.5. The van der Waals surface area contributed by atoms with Crippen molar-refractivity contribution >= 4 is 19.8 Å². The number of phosphoric acid groups is 1. The largest absolute Gasteiger partial charge is 0.472 e. The van der Waals surface area contributed by atoms with Crippen molar-refractivity contribution in [1.29, 1.82) is 0 Å². The zero-order valence-electron chi connectivity index (χ0n) is 39.4. The van der Waals surface area contributed by atoms with Gasteiger partial charge in [0.15, 0.2) is 6.10 Å². The molecule has 14 heteroatoms. The predicted octanol–water partition coefficient (Wildman–Crippen LogP) is 9.17. The summed E-state index contributed by atoms with van der Waals surface area (Å²) >= 11 is 0. The molecule has 2 rings (SSSR count). The molecule has 1 aromatic rings. The second-order valence-corrected chi connectivity index (χ2v) is 19.8. The SMILES string of the molecule is CCCCCc1oc(CCCCCCCCC(=O)O[C@H](COC(=O)CCC/C=C/C[C@@H]2[C@@H](/C=C/[C@@H](O)CCCCC)[C@H](O)C[C@@H]2O)COP(=O)(O)OCC[N+](C)(C)C)c(C)c1C. The summed E-state index contributed by atoms with van der Waals surface area (Å²) in [5.74, 6) is 0.811. The fourth-order valence-corrected chi connectivity index (χ4v) is 8.40. The van der Waals surface area contributed by atoms with Crippen molar-refractivity contribution in [2.75, 3.05) is 47.5 Å². The van der Waals surface area contributed by atoms with Crippen molar-refractivity contribution in [1.82, 2.24) is 0 Å². The van der Waals surface area contributed by atoms with Gasteiger partial charge in [0, 0.05) is 38.0 Å². The summed E-state index contributed by atoms with van der Waals surface area (Å²) < 4.78 is 40.6. The summed E-state index contributed by atoms with van der Waals surface area (Å²) in [5.41, 5.74) is 2.57. The van der Waals surface area contributed by atoms with E-state index in [2.05, 4.69) is 27.7 Å². The van der Waals surface area contributed by atoms with Crippen molar-refractivity contribution in [2.24, 2.45) is 11.8 Å². The van der Waals surface area contributed by atoms with Gasteiger partial charge >= 0.3 is 19.8 Å². The summed E-state index contributed by atoms with van der Waals surface area (Å²) in [6.07, 6.45) is 21.6. The van der Waals surface area contributed by atoms with Crippen molar-refractivity contribution in [3.63, 3.8) is 0 Å². The summed E-state index contributed by atoms with van der Waals surface area (Å²) in [6.45, 7) is 8.27. The molecule has 0 radical (unpaired) electrons. The van der Waals surface area contributed by atoms with Crippen molar-refractivity contribution in [2.45, 2.75) is 187 Å². The number of furan rings is 1. The number of unbranched alkanes of at least 4 members (excludes halogenated alkanes) is 10. The van der Waals surface area contributed by atoms with Gasteiger partial charge in [-0.2, -0.15) is 0 Å². The summed E-state index contributed by atoms with van der Waals surface area (Å²) in [7, 11) is 1.31. The maximum atomic E-state index is 12.8. The average Bonchev–Trinajstić information content (AvgIpc) is 3.63. The highest BCUT2D eigenvalue weighted by atomic mass is 31.2. The number of hydrogen-bond donors (Lipinski definition) is 4. The fourth-order valence-electron chi connectivity index (χ4n) is 7.66. The molecule has 7 atom stereocenters. The highest BCUT2D eigenvalue weighted by molar-refractivity contribution is 7.47. The third-order valence-electron chi connectivity index (χ3n) is 11.8. The zero-order chi connectivity index (χ0) is 46.0. The molecule has 1 fully saturated rings. The number of ether oxygens (including phenoxy) is 2. The van der Waals surface area contributed by atoms with Crippen LogP contribution < -0.4 is 0 Å². The van der Waals surface area contributed by atoms with E-state index in [-0.39, 0.29) is 37.9 Å². The highest BCUT2D eigenvalue weighted by Crippen LogP contribution is 2.43. The molecule has 4 N–H and O–H groups in total. The van der Waals surface area contributed by atoms with Crippen LogP contribution in [0.25, 0.3) is 0 Å². The van der Waals surface area contributed by atoms with E-state index in [1.54, 1.807) is 6.08 Å². The second-order valence-electron chi connectivity index (χ2n) is 18.3. The number of esters is 2. The van der Waals surface area contributed by atoms with Gasteiger partial charge in [0.2, 0.25) is 0 Å². The van der Waals surface area contributed by atoms with Gasteiger partial charge < -0.3 is 38.6 Å². The Kier molecular flexibility index (Phi) is 27.6. The van der Waals surface area contributed by atoms with E-state index >= 15 is 0 Å². The Hall–Kier alpha value is -2.35. The molecule has 1 heterocycles. The number of carbonyl (C=O) groups excluding carboxylic acids is 2. The first kappa shape index (κ1) is 55.8. The first-order valence-corrected chi connectivity index (χ1v) is 25.2. The van der Waals surface area contributed by atoms with Crippen LogP contribution in [0.1, 0.15) is 158 Å². The minimum absolute atomic E-state index is 0.0163. The lowest BCUT2D eigenvalue weighted by Crippen LogP contribution is -2.37. The number of rotatable bonds is 35. The number of hydrogen-bond acceptors (Lipinski definition) is 11. The standard InChI is InChI=1S/C48H84NO12P/c1-8-10-18-24-39(50)30-31-42-41(43(51)34-44(42)52)25-20-16-17-22-28-47(53)57-35-40(36-59-62(55,56)58-33-32-49(5,6)7)60-48(54)29-23-15-13-12-14-21-27-46-38(4)37(3)45(61-46)26-19-11-9-2/h16,20,30-31,39-44,50-52H,8-15,17-19,21-29,32-36H2,1-7H3/p+1/b20-16+,31-30+/t39-,40+,41+,42+,43-,44+/m0/s1.